The molecule has 7 nitrogen and oxygen atoms in total. The second kappa shape index (κ2) is 13.2. The van der Waals surface area contributed by atoms with Gasteiger partial charge in [0, 0.05) is 43.7 Å². The van der Waals surface area contributed by atoms with Gasteiger partial charge in [0.25, 0.3) is 0 Å². The Bertz CT molecular complexity index is 733. The molecule has 0 aliphatic carbocycles. The summed E-state index contributed by atoms with van der Waals surface area (Å²) in [5.41, 5.74) is 1.02. The number of rotatable bonds is 10. The lowest BCUT2D eigenvalue weighted by molar-refractivity contribution is 0.391. The molecule has 156 valence electrons. The SMILES string of the molecule is CCNC(=NCc1ccc(OC)cc1OC)NCCCCn1ccnc1C.I. The van der Waals surface area contributed by atoms with E-state index in [1.54, 1.807) is 14.2 Å². The maximum absolute atomic E-state index is 5.44. The van der Waals surface area contributed by atoms with E-state index >= 15 is 0 Å². The zero-order valence-electron chi connectivity index (χ0n) is 17.2. The number of halogens is 1. The third-order valence-corrected chi connectivity index (χ3v) is 4.29. The fraction of sp³-hybridized carbons (Fsp3) is 0.500. The minimum Gasteiger partial charge on any atom is -0.497 e. The number of aryl methyl sites for hydroxylation is 2. The van der Waals surface area contributed by atoms with E-state index in [2.05, 4.69) is 32.1 Å². The number of guanidine groups is 1. The van der Waals surface area contributed by atoms with Gasteiger partial charge in [0.15, 0.2) is 5.96 Å². The Kier molecular flexibility index (Phi) is 11.4. The number of imidazole rings is 1. The van der Waals surface area contributed by atoms with E-state index in [9.17, 15) is 0 Å². The van der Waals surface area contributed by atoms with E-state index in [1.165, 1.54) is 0 Å². The van der Waals surface area contributed by atoms with E-state index in [4.69, 9.17) is 9.47 Å². The van der Waals surface area contributed by atoms with Crippen LogP contribution >= 0.6 is 24.0 Å². The highest BCUT2D eigenvalue weighted by Crippen LogP contribution is 2.25. The number of nitrogens with zero attached hydrogens (tertiary/aromatic N) is 3. The first-order valence-corrected chi connectivity index (χ1v) is 9.38. The molecule has 2 aromatic rings. The van der Waals surface area contributed by atoms with Gasteiger partial charge >= 0.3 is 0 Å². The normalized spacial score (nSPS) is 10.9. The summed E-state index contributed by atoms with van der Waals surface area (Å²) in [5.74, 6) is 3.43. The lowest BCUT2D eigenvalue weighted by atomic mass is 10.2. The van der Waals surface area contributed by atoms with Crippen molar-refractivity contribution in [2.45, 2.75) is 39.8 Å². The third kappa shape index (κ3) is 7.57. The molecule has 2 rings (SSSR count). The molecule has 0 fully saturated rings. The summed E-state index contributed by atoms with van der Waals surface area (Å²) in [4.78, 5) is 8.91. The minimum atomic E-state index is 0. The molecular formula is C20H32IN5O2. The Balaban J connectivity index is 0.00000392. The van der Waals surface area contributed by atoms with Crippen LogP contribution in [0, 0.1) is 6.92 Å². The van der Waals surface area contributed by atoms with Gasteiger partial charge in [0.1, 0.15) is 17.3 Å². The van der Waals surface area contributed by atoms with Gasteiger partial charge in [-0.2, -0.15) is 0 Å². The number of unbranched alkanes of at least 4 members (excludes halogenated alkanes) is 1. The van der Waals surface area contributed by atoms with Crippen molar-refractivity contribution < 1.29 is 9.47 Å². The second-order valence-electron chi connectivity index (χ2n) is 6.17. The molecule has 0 saturated heterocycles. The molecule has 0 spiro atoms. The van der Waals surface area contributed by atoms with Crippen LogP contribution in [0.2, 0.25) is 0 Å². The van der Waals surface area contributed by atoms with E-state index in [-0.39, 0.29) is 24.0 Å². The number of ether oxygens (including phenoxy) is 2. The third-order valence-electron chi connectivity index (χ3n) is 4.29. The van der Waals surface area contributed by atoms with Gasteiger partial charge in [-0.05, 0) is 38.8 Å². The summed E-state index contributed by atoms with van der Waals surface area (Å²) < 4.78 is 12.9. The molecule has 2 N–H and O–H groups in total. The van der Waals surface area contributed by atoms with Crippen LogP contribution in [0.5, 0.6) is 11.5 Å². The summed E-state index contributed by atoms with van der Waals surface area (Å²) in [7, 11) is 3.31. The molecule has 0 aliphatic heterocycles. The van der Waals surface area contributed by atoms with E-state index in [0.29, 0.717) is 6.54 Å². The Morgan fingerprint density at radius 2 is 2.00 bits per heavy atom. The predicted octanol–water partition coefficient (Wildman–Crippen LogP) is 3.36. The summed E-state index contributed by atoms with van der Waals surface area (Å²) in [5, 5.41) is 6.68. The minimum absolute atomic E-state index is 0. The summed E-state index contributed by atoms with van der Waals surface area (Å²) in [6.45, 7) is 7.31. The zero-order chi connectivity index (χ0) is 19.5. The first kappa shape index (κ1) is 24.1. The van der Waals surface area contributed by atoms with Gasteiger partial charge in [0.2, 0.25) is 0 Å². The van der Waals surface area contributed by atoms with Gasteiger partial charge in [-0.15, -0.1) is 24.0 Å². The molecule has 0 atom stereocenters. The van der Waals surface area contributed by atoms with Crippen LogP contribution in [-0.2, 0) is 13.1 Å². The average Bonchev–Trinajstić information content (AvgIpc) is 3.10. The smallest absolute Gasteiger partial charge is 0.191 e. The molecule has 0 radical (unpaired) electrons. The van der Waals surface area contributed by atoms with Crippen LogP contribution in [0.1, 0.15) is 31.2 Å². The number of benzene rings is 1. The monoisotopic (exact) mass is 501 g/mol. The Morgan fingerprint density at radius 3 is 2.64 bits per heavy atom. The fourth-order valence-electron chi connectivity index (χ4n) is 2.74. The van der Waals surface area contributed by atoms with Crippen molar-refractivity contribution in [1.29, 1.82) is 0 Å². The fourth-order valence-corrected chi connectivity index (χ4v) is 2.74. The molecule has 1 heterocycles. The summed E-state index contributed by atoms with van der Waals surface area (Å²) in [6.07, 6.45) is 6.03. The Morgan fingerprint density at radius 1 is 1.18 bits per heavy atom. The van der Waals surface area contributed by atoms with Gasteiger partial charge in [-0.1, -0.05) is 0 Å². The zero-order valence-corrected chi connectivity index (χ0v) is 19.5. The number of nitrogens with one attached hydrogen (secondary N) is 2. The molecule has 0 bridgehead atoms. The highest BCUT2D eigenvalue weighted by Gasteiger charge is 2.05. The summed E-state index contributed by atoms with van der Waals surface area (Å²) >= 11 is 0. The van der Waals surface area contributed by atoms with E-state index in [0.717, 1.165) is 61.3 Å². The Hall–Kier alpha value is -1.97. The number of methoxy groups -OCH3 is 2. The van der Waals surface area contributed by atoms with Crippen LogP contribution in [0.3, 0.4) is 0 Å². The van der Waals surface area contributed by atoms with Crippen molar-refractivity contribution in [1.82, 2.24) is 20.2 Å². The van der Waals surface area contributed by atoms with Gasteiger partial charge < -0.3 is 24.7 Å². The largest absolute Gasteiger partial charge is 0.497 e. The van der Waals surface area contributed by atoms with Crippen molar-refractivity contribution >= 4 is 29.9 Å². The Labute approximate surface area is 185 Å². The quantitative estimate of drug-likeness (QED) is 0.226. The van der Waals surface area contributed by atoms with Crippen LogP contribution in [0.15, 0.2) is 35.6 Å². The predicted molar refractivity (Wildman–Crippen MR) is 124 cm³/mol. The maximum atomic E-state index is 5.44. The lowest BCUT2D eigenvalue weighted by Gasteiger charge is -2.13. The van der Waals surface area contributed by atoms with Crippen molar-refractivity contribution in [3.8, 4) is 11.5 Å². The van der Waals surface area contributed by atoms with Crippen molar-refractivity contribution in [2.24, 2.45) is 4.99 Å². The van der Waals surface area contributed by atoms with Crippen LogP contribution in [0.4, 0.5) is 0 Å². The molecule has 28 heavy (non-hydrogen) atoms. The van der Waals surface area contributed by atoms with Crippen LogP contribution in [0.25, 0.3) is 0 Å². The van der Waals surface area contributed by atoms with Crippen LogP contribution in [-0.4, -0.2) is 42.8 Å². The molecule has 0 saturated carbocycles. The van der Waals surface area contributed by atoms with Gasteiger partial charge in [-0.25, -0.2) is 9.98 Å². The van der Waals surface area contributed by atoms with Crippen molar-refractivity contribution in [3.05, 3.63) is 42.0 Å². The number of aromatic nitrogens is 2. The maximum Gasteiger partial charge on any atom is 0.191 e. The molecule has 0 unspecified atom stereocenters. The highest BCUT2D eigenvalue weighted by molar-refractivity contribution is 14.0. The van der Waals surface area contributed by atoms with Crippen molar-refractivity contribution in [3.63, 3.8) is 0 Å². The van der Waals surface area contributed by atoms with E-state index in [1.807, 2.05) is 37.5 Å². The molecule has 8 heteroatoms. The highest BCUT2D eigenvalue weighted by atomic mass is 127. The first-order chi connectivity index (χ1) is 13.2. The molecule has 0 amide bonds. The second-order valence-corrected chi connectivity index (χ2v) is 6.17. The first-order valence-electron chi connectivity index (χ1n) is 9.38. The number of hydrogen-bond acceptors (Lipinski definition) is 4. The molecular weight excluding hydrogens is 469 g/mol. The summed E-state index contributed by atoms with van der Waals surface area (Å²) in [6, 6.07) is 5.79. The molecule has 1 aromatic carbocycles. The topological polar surface area (TPSA) is 72.7 Å². The standard InChI is InChI=1S/C20H31N5O2.HI/c1-5-21-20(23-10-6-7-12-25-13-11-22-16(25)2)24-15-17-8-9-18(26-3)14-19(17)27-4;/h8-9,11,13-14H,5-7,10,12,15H2,1-4H3,(H2,21,23,24);1H. The van der Waals surface area contributed by atoms with Gasteiger partial charge in [-0.3, -0.25) is 0 Å². The number of aliphatic imine (C=N–C) groups is 1. The van der Waals surface area contributed by atoms with E-state index < -0.39 is 0 Å². The molecule has 0 aliphatic rings. The van der Waals surface area contributed by atoms with Crippen LogP contribution < -0.4 is 20.1 Å². The molecule has 1 aromatic heterocycles. The number of hydrogen-bond donors (Lipinski definition) is 2. The average molecular weight is 501 g/mol. The van der Waals surface area contributed by atoms with Gasteiger partial charge in [0.05, 0.1) is 20.8 Å². The van der Waals surface area contributed by atoms with Crippen molar-refractivity contribution in [2.75, 3.05) is 27.3 Å². The lowest BCUT2D eigenvalue weighted by Crippen LogP contribution is -2.37.